The Labute approximate surface area is 68.2 Å². The highest BCUT2D eigenvalue weighted by Gasteiger charge is 2.03. The van der Waals surface area contributed by atoms with Crippen LogP contribution in [0.4, 0.5) is 0 Å². The van der Waals surface area contributed by atoms with Gasteiger partial charge in [-0.15, -0.1) is 0 Å². The Balaban J connectivity index is 3.30. The van der Waals surface area contributed by atoms with Gasteiger partial charge in [0, 0.05) is 0 Å². The van der Waals surface area contributed by atoms with Crippen LogP contribution in [-0.2, 0) is 20.6 Å². The zero-order valence-electron chi connectivity index (χ0n) is 6.41. The van der Waals surface area contributed by atoms with E-state index in [1.165, 1.54) is 0 Å². The second-order valence-corrected chi connectivity index (χ2v) is 3.05. The van der Waals surface area contributed by atoms with E-state index in [0.29, 0.717) is 6.61 Å². The van der Waals surface area contributed by atoms with Crippen LogP contribution < -0.4 is 0 Å². The van der Waals surface area contributed by atoms with Gasteiger partial charge in [0.2, 0.25) is 0 Å². The smallest absolute Gasteiger partial charge is 0.306 e. The normalized spacial score (nSPS) is 12.5. The summed E-state index contributed by atoms with van der Waals surface area (Å²) in [6.45, 7) is 2.27. The van der Waals surface area contributed by atoms with E-state index in [1.807, 2.05) is 6.92 Å². The zero-order chi connectivity index (χ0) is 8.69. The van der Waals surface area contributed by atoms with Gasteiger partial charge in [-0.3, -0.25) is 4.79 Å². The Bertz CT molecular complexity index is 146. The number of hydrogen-bond acceptors (Lipinski definition) is 3. The fourth-order valence-corrected chi connectivity index (χ4v) is 0.800. The van der Waals surface area contributed by atoms with Crippen LogP contribution in [0.25, 0.3) is 0 Å². The second kappa shape index (κ2) is 6.30. The molecule has 0 bridgehead atoms. The van der Waals surface area contributed by atoms with Crippen molar-refractivity contribution >= 4 is 17.0 Å². The highest BCUT2D eigenvalue weighted by atomic mass is 32.2. The van der Waals surface area contributed by atoms with Crippen LogP contribution in [-0.4, -0.2) is 27.1 Å². The first kappa shape index (κ1) is 10.6. The Morgan fingerprint density at radius 2 is 2.27 bits per heavy atom. The molecule has 0 saturated heterocycles. The molecule has 0 spiro atoms. The summed E-state index contributed by atoms with van der Waals surface area (Å²) in [5.74, 6) is -0.447. The van der Waals surface area contributed by atoms with Gasteiger partial charge in [0.15, 0.2) is 11.1 Å². The number of rotatable bonds is 5. The number of ether oxygens (including phenoxy) is 1. The lowest BCUT2D eigenvalue weighted by atomic mass is 10.5. The molecule has 0 aromatic carbocycles. The molecular formula is C6H12O4S. The molecule has 66 valence electrons. The summed E-state index contributed by atoms with van der Waals surface area (Å²) in [6, 6.07) is 0. The lowest BCUT2D eigenvalue weighted by molar-refractivity contribution is -0.143. The van der Waals surface area contributed by atoms with Crippen LogP contribution in [0.1, 0.15) is 19.8 Å². The van der Waals surface area contributed by atoms with E-state index < -0.39 is 17.0 Å². The van der Waals surface area contributed by atoms with Gasteiger partial charge in [0.1, 0.15) is 0 Å². The molecule has 0 radical (unpaired) electrons. The van der Waals surface area contributed by atoms with Gasteiger partial charge >= 0.3 is 5.97 Å². The number of esters is 1. The maximum absolute atomic E-state index is 10.6. The zero-order valence-corrected chi connectivity index (χ0v) is 7.23. The standard InChI is InChI=1S/C6H12O4S/c1-2-4-10-6(7)3-5-11(8)9/h2-5H2,1H3,(H,8,9). The average Bonchev–Trinajstić information content (AvgIpc) is 1.97. The quantitative estimate of drug-likeness (QED) is 0.495. The molecule has 1 unspecified atom stereocenters. The Kier molecular flexibility index (Phi) is 6.06. The van der Waals surface area contributed by atoms with Crippen LogP contribution in [0.5, 0.6) is 0 Å². The molecule has 0 aliphatic rings. The molecule has 0 aromatic rings. The van der Waals surface area contributed by atoms with Gasteiger partial charge in [-0.05, 0) is 6.42 Å². The van der Waals surface area contributed by atoms with Crippen molar-refractivity contribution in [1.29, 1.82) is 0 Å². The van der Waals surface area contributed by atoms with Gasteiger partial charge in [-0.1, -0.05) is 6.92 Å². The molecule has 0 aromatic heterocycles. The molecule has 1 atom stereocenters. The molecule has 11 heavy (non-hydrogen) atoms. The van der Waals surface area contributed by atoms with Crippen molar-refractivity contribution in [1.82, 2.24) is 0 Å². The molecule has 0 fully saturated rings. The van der Waals surface area contributed by atoms with Gasteiger partial charge in [0.05, 0.1) is 18.8 Å². The van der Waals surface area contributed by atoms with Gasteiger partial charge in [-0.25, -0.2) is 4.21 Å². The monoisotopic (exact) mass is 180 g/mol. The van der Waals surface area contributed by atoms with E-state index in [1.54, 1.807) is 0 Å². The van der Waals surface area contributed by atoms with Gasteiger partial charge in [0.25, 0.3) is 0 Å². The molecule has 0 heterocycles. The van der Waals surface area contributed by atoms with Crippen molar-refractivity contribution in [3.8, 4) is 0 Å². The lowest BCUT2D eigenvalue weighted by Gasteiger charge is -1.99. The number of carbonyl (C=O) groups is 1. The largest absolute Gasteiger partial charge is 0.466 e. The molecule has 0 amide bonds. The first-order valence-electron chi connectivity index (χ1n) is 3.40. The first-order chi connectivity index (χ1) is 5.16. The number of carbonyl (C=O) groups excluding carboxylic acids is 1. The summed E-state index contributed by atoms with van der Waals surface area (Å²) in [4.78, 5) is 10.6. The molecule has 0 rings (SSSR count). The van der Waals surface area contributed by atoms with Gasteiger partial charge < -0.3 is 9.29 Å². The topological polar surface area (TPSA) is 63.6 Å². The van der Waals surface area contributed by atoms with Gasteiger partial charge in [-0.2, -0.15) is 0 Å². The van der Waals surface area contributed by atoms with Crippen molar-refractivity contribution < 1.29 is 18.3 Å². The highest BCUT2D eigenvalue weighted by molar-refractivity contribution is 7.79. The molecule has 0 saturated carbocycles. The third-order valence-electron chi connectivity index (χ3n) is 0.948. The van der Waals surface area contributed by atoms with Crippen molar-refractivity contribution in [3.63, 3.8) is 0 Å². The Morgan fingerprint density at radius 1 is 1.64 bits per heavy atom. The lowest BCUT2D eigenvalue weighted by Crippen LogP contribution is -2.09. The Hall–Kier alpha value is -0.420. The van der Waals surface area contributed by atoms with Crippen molar-refractivity contribution in [2.24, 2.45) is 0 Å². The minimum atomic E-state index is -1.89. The van der Waals surface area contributed by atoms with Crippen molar-refractivity contribution in [2.75, 3.05) is 12.4 Å². The van der Waals surface area contributed by atoms with E-state index in [9.17, 15) is 9.00 Å². The summed E-state index contributed by atoms with van der Waals surface area (Å²) in [7, 11) is 0. The van der Waals surface area contributed by atoms with Crippen LogP contribution >= 0.6 is 0 Å². The second-order valence-electron chi connectivity index (χ2n) is 2.00. The molecule has 5 heteroatoms. The van der Waals surface area contributed by atoms with E-state index in [2.05, 4.69) is 4.74 Å². The maximum atomic E-state index is 10.6. The molecule has 0 aliphatic heterocycles. The predicted molar refractivity (Wildman–Crippen MR) is 41.5 cm³/mol. The average molecular weight is 180 g/mol. The van der Waals surface area contributed by atoms with Crippen LogP contribution in [0.2, 0.25) is 0 Å². The first-order valence-corrected chi connectivity index (χ1v) is 4.67. The van der Waals surface area contributed by atoms with E-state index in [-0.39, 0.29) is 12.2 Å². The van der Waals surface area contributed by atoms with E-state index >= 15 is 0 Å². The highest BCUT2D eigenvalue weighted by Crippen LogP contribution is 1.89. The molecule has 4 nitrogen and oxygen atoms in total. The number of hydrogen-bond donors (Lipinski definition) is 1. The van der Waals surface area contributed by atoms with Crippen LogP contribution in [0, 0.1) is 0 Å². The van der Waals surface area contributed by atoms with Crippen molar-refractivity contribution in [3.05, 3.63) is 0 Å². The summed E-state index contributed by atoms with van der Waals surface area (Å²) in [6.07, 6.45) is 0.789. The SMILES string of the molecule is CCCOC(=O)CCS(=O)O. The molecule has 0 aliphatic carbocycles. The Morgan fingerprint density at radius 3 is 2.73 bits per heavy atom. The minimum Gasteiger partial charge on any atom is -0.466 e. The van der Waals surface area contributed by atoms with Crippen LogP contribution in [0.15, 0.2) is 0 Å². The van der Waals surface area contributed by atoms with E-state index in [4.69, 9.17) is 4.55 Å². The summed E-state index contributed by atoms with van der Waals surface area (Å²) in [5, 5.41) is 0. The fourth-order valence-electron chi connectivity index (χ4n) is 0.459. The fraction of sp³-hybridized carbons (Fsp3) is 0.833. The van der Waals surface area contributed by atoms with Crippen molar-refractivity contribution in [2.45, 2.75) is 19.8 Å². The summed E-state index contributed by atoms with van der Waals surface area (Å²) < 4.78 is 23.0. The molecular weight excluding hydrogens is 168 g/mol. The summed E-state index contributed by atoms with van der Waals surface area (Å²) >= 11 is -1.89. The third kappa shape index (κ3) is 7.48. The third-order valence-corrected chi connectivity index (χ3v) is 1.50. The maximum Gasteiger partial charge on any atom is 0.306 e. The van der Waals surface area contributed by atoms with Crippen LogP contribution in [0.3, 0.4) is 0 Å². The minimum absolute atomic E-state index is 0.0170. The summed E-state index contributed by atoms with van der Waals surface area (Å²) in [5.41, 5.74) is 0. The van der Waals surface area contributed by atoms with E-state index in [0.717, 1.165) is 6.42 Å². The predicted octanol–water partition coefficient (Wildman–Crippen LogP) is 0.551. The molecule has 1 N–H and O–H groups in total.